The molecule has 0 aliphatic carbocycles. The van der Waals surface area contributed by atoms with Crippen LogP contribution in [0.15, 0.2) is 95.5 Å². The quantitative estimate of drug-likeness (QED) is 0.335. The summed E-state index contributed by atoms with van der Waals surface area (Å²) in [5, 5.41) is 6.86. The highest BCUT2D eigenvalue weighted by atomic mass is 16.5. The van der Waals surface area contributed by atoms with Crippen molar-refractivity contribution in [3.8, 4) is 17.0 Å². The van der Waals surface area contributed by atoms with Crippen LogP contribution in [0.5, 0.6) is 5.75 Å². The number of amides is 2. The maximum absolute atomic E-state index is 13.4. The maximum Gasteiger partial charge on any atom is 0.408 e. The molecule has 0 bridgehead atoms. The standard InChI is InChI=1S/C29H29N3O5/c1-32(19-25-18-26(31-37-25)23-13-15-24(35-2)16-14-23)28(33)27(17-21-9-5-3-6-10-21)30-29(34)36-20-22-11-7-4-8-12-22/h3-16,18,27H,17,19-20H2,1-2H3,(H,30,34)/t27-/m0/s1. The van der Waals surface area contributed by atoms with Gasteiger partial charge in [0, 0.05) is 25.1 Å². The number of nitrogens with zero attached hydrogens (tertiary/aromatic N) is 2. The number of rotatable bonds is 10. The summed E-state index contributed by atoms with van der Waals surface area (Å²) in [4.78, 5) is 27.5. The summed E-state index contributed by atoms with van der Waals surface area (Å²) < 4.78 is 16.0. The van der Waals surface area contributed by atoms with Crippen molar-refractivity contribution in [2.75, 3.05) is 14.2 Å². The maximum atomic E-state index is 13.4. The second kappa shape index (κ2) is 12.4. The molecule has 2 amide bonds. The first-order valence-electron chi connectivity index (χ1n) is 11.9. The van der Waals surface area contributed by atoms with Crippen LogP contribution in [-0.4, -0.2) is 42.3 Å². The van der Waals surface area contributed by atoms with E-state index in [9.17, 15) is 9.59 Å². The summed E-state index contributed by atoms with van der Waals surface area (Å²) in [7, 11) is 3.27. The van der Waals surface area contributed by atoms with Gasteiger partial charge in [-0.1, -0.05) is 65.8 Å². The van der Waals surface area contributed by atoms with E-state index in [1.54, 1.807) is 20.2 Å². The number of hydrogen-bond donors (Lipinski definition) is 1. The average molecular weight is 500 g/mol. The predicted molar refractivity (Wildman–Crippen MR) is 139 cm³/mol. The van der Waals surface area contributed by atoms with Crippen LogP contribution in [0, 0.1) is 0 Å². The van der Waals surface area contributed by atoms with Gasteiger partial charge in [-0.05, 0) is 35.4 Å². The van der Waals surface area contributed by atoms with Gasteiger partial charge in [-0.15, -0.1) is 0 Å². The third-order valence-electron chi connectivity index (χ3n) is 5.80. The van der Waals surface area contributed by atoms with Crippen molar-refractivity contribution in [2.45, 2.75) is 25.6 Å². The van der Waals surface area contributed by atoms with Gasteiger partial charge in [0.1, 0.15) is 24.1 Å². The van der Waals surface area contributed by atoms with E-state index >= 15 is 0 Å². The molecule has 8 heteroatoms. The monoisotopic (exact) mass is 499 g/mol. The van der Waals surface area contributed by atoms with Crippen LogP contribution in [0.3, 0.4) is 0 Å². The van der Waals surface area contributed by atoms with Crippen LogP contribution < -0.4 is 10.1 Å². The fourth-order valence-electron chi connectivity index (χ4n) is 3.82. The largest absolute Gasteiger partial charge is 0.497 e. The lowest BCUT2D eigenvalue weighted by Gasteiger charge is -2.24. The summed E-state index contributed by atoms with van der Waals surface area (Å²) in [6, 6.07) is 27.3. The highest BCUT2D eigenvalue weighted by Gasteiger charge is 2.26. The van der Waals surface area contributed by atoms with Gasteiger partial charge in [0.25, 0.3) is 0 Å². The van der Waals surface area contributed by atoms with E-state index in [2.05, 4.69) is 10.5 Å². The molecule has 0 saturated heterocycles. The van der Waals surface area contributed by atoms with Crippen molar-refractivity contribution in [1.82, 2.24) is 15.4 Å². The molecule has 1 atom stereocenters. The molecule has 0 saturated carbocycles. The van der Waals surface area contributed by atoms with Crippen molar-refractivity contribution >= 4 is 12.0 Å². The second-order valence-corrected chi connectivity index (χ2v) is 8.55. The van der Waals surface area contributed by atoms with Gasteiger partial charge in [-0.3, -0.25) is 4.79 Å². The average Bonchev–Trinajstić information content (AvgIpc) is 3.40. The normalized spacial score (nSPS) is 11.4. The fourth-order valence-corrected chi connectivity index (χ4v) is 3.82. The minimum atomic E-state index is -0.820. The molecule has 3 aromatic carbocycles. The molecule has 4 aromatic rings. The van der Waals surface area contributed by atoms with Crippen LogP contribution >= 0.6 is 0 Å². The Bertz CT molecular complexity index is 1290. The van der Waals surface area contributed by atoms with Gasteiger partial charge >= 0.3 is 6.09 Å². The summed E-state index contributed by atoms with van der Waals surface area (Å²) in [5.74, 6) is 0.992. The van der Waals surface area contributed by atoms with Crippen molar-refractivity contribution in [3.63, 3.8) is 0 Å². The topological polar surface area (TPSA) is 93.9 Å². The molecule has 0 aliphatic heterocycles. The van der Waals surface area contributed by atoms with Gasteiger partial charge < -0.3 is 24.2 Å². The summed E-state index contributed by atoms with van der Waals surface area (Å²) >= 11 is 0. The van der Waals surface area contributed by atoms with E-state index in [0.29, 0.717) is 17.9 Å². The molecular formula is C29H29N3O5. The number of ether oxygens (including phenoxy) is 2. The molecule has 8 nitrogen and oxygen atoms in total. The summed E-state index contributed by atoms with van der Waals surface area (Å²) in [6.07, 6.45) is -0.342. The molecule has 1 N–H and O–H groups in total. The zero-order chi connectivity index (χ0) is 26.0. The van der Waals surface area contributed by atoms with Gasteiger partial charge in [0.15, 0.2) is 5.76 Å². The third-order valence-corrected chi connectivity index (χ3v) is 5.80. The predicted octanol–water partition coefficient (Wildman–Crippen LogP) is 4.85. The van der Waals surface area contributed by atoms with Crippen LogP contribution in [0.2, 0.25) is 0 Å². The Labute approximate surface area is 215 Å². The smallest absolute Gasteiger partial charge is 0.408 e. The molecular weight excluding hydrogens is 470 g/mol. The first-order chi connectivity index (χ1) is 18.0. The van der Waals surface area contributed by atoms with Crippen molar-refractivity contribution in [1.29, 1.82) is 0 Å². The Morgan fingerprint density at radius 3 is 2.24 bits per heavy atom. The number of likely N-dealkylation sites (N-methyl/N-ethyl adjacent to an activating group) is 1. The van der Waals surface area contributed by atoms with Crippen LogP contribution in [0.25, 0.3) is 11.3 Å². The van der Waals surface area contributed by atoms with E-state index in [1.165, 1.54) is 4.90 Å². The molecule has 37 heavy (non-hydrogen) atoms. The second-order valence-electron chi connectivity index (χ2n) is 8.55. The van der Waals surface area contributed by atoms with E-state index in [4.69, 9.17) is 14.0 Å². The fraction of sp³-hybridized carbons (Fsp3) is 0.207. The van der Waals surface area contributed by atoms with Gasteiger partial charge in [0.2, 0.25) is 5.91 Å². The SMILES string of the molecule is COc1ccc(-c2cc(CN(C)C(=O)[C@H](Cc3ccccc3)NC(=O)OCc3ccccc3)on2)cc1. The molecule has 4 rings (SSSR count). The number of alkyl carbamates (subject to hydrolysis) is 1. The molecule has 0 aliphatic rings. The zero-order valence-electron chi connectivity index (χ0n) is 20.8. The number of carbonyl (C=O) groups is 2. The minimum Gasteiger partial charge on any atom is -0.497 e. The van der Waals surface area contributed by atoms with E-state index in [1.807, 2.05) is 84.9 Å². The number of methoxy groups -OCH3 is 1. The Balaban J connectivity index is 1.41. The molecule has 0 fully saturated rings. The van der Waals surface area contributed by atoms with Crippen LogP contribution in [0.4, 0.5) is 4.79 Å². The summed E-state index contributed by atoms with van der Waals surface area (Å²) in [6.45, 7) is 0.301. The number of hydrogen-bond acceptors (Lipinski definition) is 6. The molecule has 0 radical (unpaired) electrons. The first kappa shape index (κ1) is 25.5. The Morgan fingerprint density at radius 1 is 0.946 bits per heavy atom. The third kappa shape index (κ3) is 7.20. The molecule has 1 heterocycles. The Morgan fingerprint density at radius 2 is 1.59 bits per heavy atom. The highest BCUT2D eigenvalue weighted by Crippen LogP contribution is 2.22. The van der Waals surface area contributed by atoms with Crippen molar-refractivity contribution < 1.29 is 23.6 Å². The van der Waals surface area contributed by atoms with Crippen LogP contribution in [-0.2, 0) is 29.1 Å². The lowest BCUT2D eigenvalue weighted by atomic mass is 10.0. The van der Waals surface area contributed by atoms with Gasteiger partial charge in [0.05, 0.1) is 13.7 Å². The molecule has 190 valence electrons. The Kier molecular flexibility index (Phi) is 8.54. The van der Waals surface area contributed by atoms with Gasteiger partial charge in [-0.25, -0.2) is 4.79 Å². The number of carbonyl (C=O) groups excluding carboxylic acids is 2. The van der Waals surface area contributed by atoms with E-state index < -0.39 is 12.1 Å². The number of aromatic nitrogens is 1. The lowest BCUT2D eigenvalue weighted by molar-refractivity contribution is -0.132. The molecule has 0 spiro atoms. The van der Waals surface area contributed by atoms with Gasteiger partial charge in [-0.2, -0.15) is 0 Å². The number of nitrogens with one attached hydrogen (secondary N) is 1. The minimum absolute atomic E-state index is 0.112. The first-order valence-corrected chi connectivity index (χ1v) is 11.9. The lowest BCUT2D eigenvalue weighted by Crippen LogP contribution is -2.48. The van der Waals surface area contributed by atoms with Crippen molar-refractivity contribution in [2.24, 2.45) is 0 Å². The highest BCUT2D eigenvalue weighted by molar-refractivity contribution is 5.85. The van der Waals surface area contributed by atoms with Crippen molar-refractivity contribution in [3.05, 3.63) is 108 Å². The Hall–Kier alpha value is -4.59. The number of benzene rings is 3. The van der Waals surface area contributed by atoms with Crippen LogP contribution in [0.1, 0.15) is 16.9 Å². The summed E-state index contributed by atoms with van der Waals surface area (Å²) in [5.41, 5.74) is 3.30. The van der Waals surface area contributed by atoms with E-state index in [0.717, 1.165) is 22.4 Å². The molecule has 1 aromatic heterocycles. The van der Waals surface area contributed by atoms with E-state index in [-0.39, 0.29) is 19.1 Å². The zero-order valence-corrected chi connectivity index (χ0v) is 20.8. The molecule has 0 unspecified atom stereocenters.